The van der Waals surface area contributed by atoms with Gasteiger partial charge in [-0.3, -0.25) is 4.79 Å². The van der Waals surface area contributed by atoms with Crippen molar-refractivity contribution >= 4 is 33.2 Å². The summed E-state index contributed by atoms with van der Waals surface area (Å²) in [7, 11) is 0. The summed E-state index contributed by atoms with van der Waals surface area (Å²) in [6.45, 7) is 0.511. The summed E-state index contributed by atoms with van der Waals surface area (Å²) < 4.78 is 0.717. The monoisotopic (exact) mass is 285 g/mol. The van der Waals surface area contributed by atoms with E-state index < -0.39 is 0 Å². The average molecular weight is 286 g/mol. The van der Waals surface area contributed by atoms with Crippen LogP contribution in [0.4, 0.5) is 0 Å². The highest BCUT2D eigenvalue weighted by molar-refractivity contribution is 9.11. The van der Waals surface area contributed by atoms with Gasteiger partial charge in [0.1, 0.15) is 5.69 Å². The van der Waals surface area contributed by atoms with Gasteiger partial charge in [0.25, 0.3) is 5.91 Å². The molecule has 0 saturated carbocycles. The molecule has 2 N–H and O–H groups in total. The number of hydrogen-bond donors (Lipinski definition) is 2. The molecule has 4 nitrogen and oxygen atoms in total. The third-order valence-corrected chi connectivity index (χ3v) is 3.19. The number of carbonyl (C=O) groups excluding carboxylic acids is 1. The number of amides is 1. The van der Waals surface area contributed by atoms with E-state index in [2.05, 4.69) is 31.2 Å². The highest BCUT2D eigenvalue weighted by Crippen LogP contribution is 2.15. The Bertz CT molecular complexity index is 452. The molecule has 0 radical (unpaired) electrons. The maximum Gasteiger partial charge on any atom is 0.271 e. The van der Waals surface area contributed by atoms with Crippen LogP contribution in [0.5, 0.6) is 0 Å². The van der Waals surface area contributed by atoms with Crippen molar-refractivity contribution in [3.63, 3.8) is 0 Å². The van der Waals surface area contributed by atoms with Gasteiger partial charge in [0, 0.05) is 24.3 Å². The van der Waals surface area contributed by atoms with Gasteiger partial charge in [0.2, 0.25) is 0 Å². The molecular weight excluding hydrogens is 278 g/mol. The van der Waals surface area contributed by atoms with Crippen molar-refractivity contribution in [2.24, 2.45) is 0 Å². The molecule has 6 heteroatoms. The van der Waals surface area contributed by atoms with Crippen LogP contribution in [-0.4, -0.2) is 15.9 Å². The first kappa shape index (κ1) is 10.4. The highest BCUT2D eigenvalue weighted by Gasteiger charge is 2.08. The summed E-state index contributed by atoms with van der Waals surface area (Å²) >= 11 is 4.61. The zero-order chi connectivity index (χ0) is 10.7. The van der Waals surface area contributed by atoms with E-state index >= 15 is 0 Å². The van der Waals surface area contributed by atoms with Gasteiger partial charge in [0.05, 0.1) is 0 Å². The molecule has 15 heavy (non-hydrogen) atoms. The first-order valence-corrected chi connectivity index (χ1v) is 5.94. The molecule has 0 saturated heterocycles. The first-order valence-electron chi connectivity index (χ1n) is 4.26. The van der Waals surface area contributed by atoms with Crippen LogP contribution in [0.2, 0.25) is 0 Å². The molecule has 2 aromatic heterocycles. The predicted molar refractivity (Wildman–Crippen MR) is 61.8 cm³/mol. The molecule has 0 atom stereocenters. The van der Waals surface area contributed by atoms with Crippen LogP contribution in [0.3, 0.4) is 0 Å². The number of aromatic amines is 1. The maximum absolute atomic E-state index is 11.6. The fourth-order valence-electron chi connectivity index (χ4n) is 1.10. The Hall–Kier alpha value is -1.14. The predicted octanol–water partition coefficient (Wildman–Crippen LogP) is 2.16. The van der Waals surface area contributed by atoms with Gasteiger partial charge >= 0.3 is 0 Å². The van der Waals surface area contributed by atoms with Gasteiger partial charge in [0.15, 0.2) is 3.92 Å². The Morgan fingerprint density at radius 3 is 3.13 bits per heavy atom. The minimum atomic E-state index is -0.154. The molecule has 0 fully saturated rings. The Morgan fingerprint density at radius 2 is 2.53 bits per heavy atom. The van der Waals surface area contributed by atoms with Crippen molar-refractivity contribution in [3.05, 3.63) is 39.0 Å². The molecular formula is C9H8BrN3OS. The molecule has 0 unspecified atom stereocenters. The molecule has 0 aliphatic rings. The number of hydrogen-bond acceptors (Lipinski definition) is 3. The maximum atomic E-state index is 11.6. The third kappa shape index (κ3) is 2.66. The van der Waals surface area contributed by atoms with Gasteiger partial charge in [-0.25, -0.2) is 4.98 Å². The van der Waals surface area contributed by atoms with E-state index in [1.165, 1.54) is 11.3 Å². The molecule has 78 valence electrons. The number of carbonyl (C=O) groups is 1. The molecule has 0 aliphatic heterocycles. The van der Waals surface area contributed by atoms with Crippen LogP contribution in [0.15, 0.2) is 27.8 Å². The van der Waals surface area contributed by atoms with E-state index in [0.717, 1.165) is 5.56 Å². The van der Waals surface area contributed by atoms with Crippen LogP contribution < -0.4 is 5.32 Å². The quantitative estimate of drug-likeness (QED) is 0.908. The van der Waals surface area contributed by atoms with Crippen LogP contribution in [0, 0.1) is 0 Å². The van der Waals surface area contributed by atoms with Crippen LogP contribution >= 0.6 is 27.3 Å². The zero-order valence-corrected chi connectivity index (χ0v) is 10.1. The molecule has 2 aromatic rings. The standard InChI is InChI=1S/C9H8BrN3OS/c10-9-13-7(5-15-9)8(14)12-4-6-1-2-11-3-6/h1-3,5,11H,4H2,(H,12,14). The van der Waals surface area contributed by atoms with E-state index in [1.54, 1.807) is 5.38 Å². The molecule has 0 aromatic carbocycles. The topological polar surface area (TPSA) is 57.8 Å². The summed E-state index contributed by atoms with van der Waals surface area (Å²) in [6.07, 6.45) is 3.66. The van der Waals surface area contributed by atoms with E-state index in [9.17, 15) is 4.79 Å². The van der Waals surface area contributed by atoms with Crippen molar-refractivity contribution in [1.82, 2.24) is 15.3 Å². The summed E-state index contributed by atoms with van der Waals surface area (Å²) in [4.78, 5) is 18.5. The Morgan fingerprint density at radius 1 is 1.67 bits per heavy atom. The van der Waals surface area contributed by atoms with Gasteiger partial charge in [-0.1, -0.05) is 0 Å². The minimum absolute atomic E-state index is 0.154. The molecule has 0 spiro atoms. The van der Waals surface area contributed by atoms with Crippen molar-refractivity contribution in [2.45, 2.75) is 6.54 Å². The van der Waals surface area contributed by atoms with E-state index in [0.29, 0.717) is 16.2 Å². The number of nitrogens with one attached hydrogen (secondary N) is 2. The lowest BCUT2D eigenvalue weighted by Gasteiger charge is -1.99. The molecule has 1 amide bonds. The second-order valence-corrected chi connectivity index (χ2v) is 5.02. The van der Waals surface area contributed by atoms with Gasteiger partial charge in [-0.15, -0.1) is 11.3 Å². The molecule has 2 heterocycles. The molecule has 0 aliphatic carbocycles. The van der Waals surface area contributed by atoms with Crippen molar-refractivity contribution in [3.8, 4) is 0 Å². The van der Waals surface area contributed by atoms with E-state index in [4.69, 9.17) is 0 Å². The highest BCUT2D eigenvalue weighted by atomic mass is 79.9. The number of nitrogens with zero attached hydrogens (tertiary/aromatic N) is 1. The average Bonchev–Trinajstić information content (AvgIpc) is 2.84. The third-order valence-electron chi connectivity index (χ3n) is 1.82. The molecule has 0 bridgehead atoms. The summed E-state index contributed by atoms with van der Waals surface area (Å²) in [5, 5.41) is 4.50. The largest absolute Gasteiger partial charge is 0.367 e. The fourth-order valence-corrected chi connectivity index (χ4v) is 2.09. The Balaban J connectivity index is 1.93. The summed E-state index contributed by atoms with van der Waals surface area (Å²) in [5.41, 5.74) is 1.49. The second-order valence-electron chi connectivity index (χ2n) is 2.89. The lowest BCUT2D eigenvalue weighted by atomic mass is 10.3. The second kappa shape index (κ2) is 4.59. The minimum Gasteiger partial charge on any atom is -0.367 e. The van der Waals surface area contributed by atoms with E-state index in [-0.39, 0.29) is 5.91 Å². The smallest absolute Gasteiger partial charge is 0.271 e. The summed E-state index contributed by atoms with van der Waals surface area (Å²) in [5.74, 6) is -0.154. The van der Waals surface area contributed by atoms with Gasteiger partial charge in [-0.05, 0) is 27.6 Å². The Kier molecular flexibility index (Phi) is 3.17. The first-order chi connectivity index (χ1) is 7.25. The molecule has 2 rings (SSSR count). The summed E-state index contributed by atoms with van der Waals surface area (Å²) in [6, 6.07) is 1.91. The van der Waals surface area contributed by atoms with Crippen molar-refractivity contribution in [1.29, 1.82) is 0 Å². The lowest BCUT2D eigenvalue weighted by molar-refractivity contribution is 0.0946. The SMILES string of the molecule is O=C(NCc1cc[nH]c1)c1csc(Br)n1. The van der Waals surface area contributed by atoms with Crippen LogP contribution in [-0.2, 0) is 6.54 Å². The lowest BCUT2D eigenvalue weighted by Crippen LogP contribution is -2.22. The Labute approximate surface area is 98.9 Å². The number of halogens is 1. The normalized spacial score (nSPS) is 10.2. The number of rotatable bonds is 3. The number of thiazole rings is 1. The van der Waals surface area contributed by atoms with Crippen molar-refractivity contribution < 1.29 is 4.79 Å². The number of H-pyrrole nitrogens is 1. The fraction of sp³-hybridized carbons (Fsp3) is 0.111. The number of aromatic nitrogens is 2. The van der Waals surface area contributed by atoms with Crippen LogP contribution in [0.25, 0.3) is 0 Å². The van der Waals surface area contributed by atoms with Gasteiger partial charge < -0.3 is 10.3 Å². The van der Waals surface area contributed by atoms with Gasteiger partial charge in [-0.2, -0.15) is 0 Å². The van der Waals surface area contributed by atoms with E-state index in [1.807, 2.05) is 18.5 Å². The van der Waals surface area contributed by atoms with Crippen molar-refractivity contribution in [2.75, 3.05) is 0 Å². The zero-order valence-electron chi connectivity index (χ0n) is 7.66. The van der Waals surface area contributed by atoms with Crippen LogP contribution in [0.1, 0.15) is 16.1 Å².